The van der Waals surface area contributed by atoms with Crippen LogP contribution in [0.5, 0.6) is 0 Å². The van der Waals surface area contributed by atoms with Gasteiger partial charge in [-0.15, -0.1) is 0 Å². The van der Waals surface area contributed by atoms with Crippen LogP contribution in [-0.4, -0.2) is 46.3 Å². The van der Waals surface area contributed by atoms with E-state index in [4.69, 9.17) is 13.3 Å². The van der Waals surface area contributed by atoms with Gasteiger partial charge in [-0.1, -0.05) is 91.0 Å². The molecule has 0 bridgehead atoms. The summed E-state index contributed by atoms with van der Waals surface area (Å²) in [5.41, 5.74) is 0. The summed E-state index contributed by atoms with van der Waals surface area (Å²) in [6.07, 6.45) is 0. The van der Waals surface area contributed by atoms with Gasteiger partial charge in [-0.25, -0.2) is 0 Å². The van der Waals surface area contributed by atoms with Crippen LogP contribution in [0.15, 0.2) is 91.0 Å². The van der Waals surface area contributed by atoms with Crippen LogP contribution in [0, 0.1) is 0 Å². The third-order valence-corrected chi connectivity index (χ3v) is 13.3. The average Bonchev–Trinajstić information content (AvgIpc) is 2.85. The number of hydrogen-bond acceptors (Lipinski definition) is 3. The molecule has 0 amide bonds. The molecule has 3 aromatic rings. The summed E-state index contributed by atoms with van der Waals surface area (Å²) in [6, 6.07) is 31.4. The molecule has 0 aromatic heterocycles. The molecule has 0 fully saturated rings. The van der Waals surface area contributed by atoms with Crippen molar-refractivity contribution < 1.29 is 13.3 Å². The first-order chi connectivity index (χ1) is 15.5. The van der Waals surface area contributed by atoms with Crippen LogP contribution in [-0.2, 0) is 13.3 Å². The molecule has 3 nitrogen and oxygen atoms in total. The van der Waals surface area contributed by atoms with Gasteiger partial charge in [-0.05, 0) is 54.8 Å². The fourth-order valence-electron chi connectivity index (χ4n) is 2.87. The Morgan fingerprint density at radius 3 is 0.970 bits per heavy atom. The molecule has 0 aliphatic heterocycles. The molecule has 6 heteroatoms. The lowest BCUT2D eigenvalue weighted by Gasteiger charge is -2.26. The molecule has 0 saturated carbocycles. The lowest BCUT2D eigenvalue weighted by molar-refractivity contribution is 0.411. The Hall–Kier alpha value is -1.81. The fourth-order valence-corrected chi connectivity index (χ4v) is 6.56. The van der Waals surface area contributed by atoms with Gasteiger partial charge >= 0.3 is 0 Å². The van der Waals surface area contributed by atoms with Gasteiger partial charge in [0.25, 0.3) is 8.32 Å². The van der Waals surface area contributed by atoms with Gasteiger partial charge in [0.15, 0.2) is 8.32 Å². The van der Waals surface area contributed by atoms with Crippen molar-refractivity contribution in [1.82, 2.24) is 0 Å². The minimum atomic E-state index is -1.98. The highest BCUT2D eigenvalue weighted by Crippen LogP contribution is 2.06. The predicted octanol–water partition coefficient (Wildman–Crippen LogP) is 5.24. The van der Waals surface area contributed by atoms with E-state index in [-0.39, 0.29) is 0 Å². The van der Waals surface area contributed by atoms with Gasteiger partial charge < -0.3 is 13.3 Å². The smallest absolute Gasteiger partial charge is 0.252 e. The topological polar surface area (TPSA) is 27.7 Å². The molecule has 0 N–H and O–H groups in total. The first-order valence-electron chi connectivity index (χ1n) is 11.3. The molecule has 0 unspecified atom stereocenters. The summed E-state index contributed by atoms with van der Waals surface area (Å²) in [6.45, 7) is 13.1. The molecule has 180 valence electrons. The molecule has 0 aliphatic carbocycles. The molecule has 0 spiro atoms. The average molecular weight is 499 g/mol. The SMILES string of the molecule is CO[Si](C)(C)C.CO[Si](C)(C)c1ccccc1.CO[Si](C)(c1ccccc1)c1ccccc1. The Bertz CT molecular complexity index is 857. The second-order valence-corrected chi connectivity index (χ2v) is 21.6. The third-order valence-electron chi connectivity index (χ3n) is 5.65. The van der Waals surface area contributed by atoms with Gasteiger partial charge in [-0.2, -0.15) is 0 Å². The summed E-state index contributed by atoms with van der Waals surface area (Å²) in [5.74, 6) is 0. The molecule has 0 aliphatic rings. The van der Waals surface area contributed by atoms with Crippen molar-refractivity contribution in [1.29, 1.82) is 0 Å². The quantitative estimate of drug-likeness (QED) is 0.435. The maximum absolute atomic E-state index is 5.85. The van der Waals surface area contributed by atoms with Gasteiger partial charge in [0.2, 0.25) is 8.32 Å². The standard InChI is InChI=1S/C14H16OSi.C9H14OSi.C4H12OSi/c1-15-16(2,13-9-5-3-6-10-13)14-11-7-4-8-12-14;1-10-11(2,3)9-7-5-4-6-8-9;1-5-6(2,3)4/h3-12H,1-2H3;4-8H,1-3H3;1-4H3. The predicted molar refractivity (Wildman–Crippen MR) is 152 cm³/mol. The maximum atomic E-state index is 5.85. The van der Waals surface area contributed by atoms with Crippen LogP contribution >= 0.6 is 0 Å². The van der Waals surface area contributed by atoms with E-state index in [0.717, 1.165) is 0 Å². The lowest BCUT2D eigenvalue weighted by Crippen LogP contribution is -2.57. The summed E-state index contributed by atoms with van der Waals surface area (Å²) in [5, 5.41) is 3.97. The molecular weight excluding hydrogens is 457 g/mol. The molecule has 33 heavy (non-hydrogen) atoms. The first-order valence-corrected chi connectivity index (χ1v) is 20.0. The largest absolute Gasteiger partial charge is 0.421 e. The van der Waals surface area contributed by atoms with Gasteiger partial charge in [0.05, 0.1) is 0 Å². The van der Waals surface area contributed by atoms with E-state index < -0.39 is 25.0 Å². The van der Waals surface area contributed by atoms with Crippen molar-refractivity contribution >= 4 is 40.5 Å². The Balaban J connectivity index is 0.000000278. The van der Waals surface area contributed by atoms with E-state index in [1.807, 2.05) is 25.3 Å². The van der Waals surface area contributed by atoms with Crippen LogP contribution in [0.2, 0.25) is 39.3 Å². The zero-order chi connectivity index (χ0) is 25.0. The summed E-state index contributed by atoms with van der Waals surface area (Å²) < 4.78 is 16.4. The molecule has 0 heterocycles. The van der Waals surface area contributed by atoms with E-state index >= 15 is 0 Å². The van der Waals surface area contributed by atoms with Crippen LogP contribution in [0.1, 0.15) is 0 Å². The van der Waals surface area contributed by atoms with Crippen molar-refractivity contribution in [3.8, 4) is 0 Å². The Labute approximate surface area is 205 Å². The summed E-state index contributed by atoms with van der Waals surface area (Å²) in [7, 11) is 0.713. The van der Waals surface area contributed by atoms with E-state index in [9.17, 15) is 0 Å². The summed E-state index contributed by atoms with van der Waals surface area (Å²) in [4.78, 5) is 0. The van der Waals surface area contributed by atoms with Crippen molar-refractivity contribution in [2.24, 2.45) is 0 Å². The van der Waals surface area contributed by atoms with Crippen LogP contribution in [0.25, 0.3) is 0 Å². The zero-order valence-corrected chi connectivity index (χ0v) is 24.9. The van der Waals surface area contributed by atoms with Crippen LogP contribution in [0.3, 0.4) is 0 Å². The first kappa shape index (κ1) is 29.2. The molecule has 3 aromatic carbocycles. The minimum Gasteiger partial charge on any atom is -0.421 e. The van der Waals surface area contributed by atoms with E-state index in [2.05, 4.69) is 112 Å². The Morgan fingerprint density at radius 1 is 0.424 bits per heavy atom. The second-order valence-electron chi connectivity index (χ2n) is 9.37. The molecule has 0 saturated heterocycles. The number of rotatable bonds is 6. The molecular formula is C27H42O3Si3. The van der Waals surface area contributed by atoms with E-state index in [0.29, 0.717) is 0 Å². The van der Waals surface area contributed by atoms with Crippen molar-refractivity contribution in [2.75, 3.05) is 21.3 Å². The number of hydrogen-bond donors (Lipinski definition) is 0. The molecule has 3 rings (SSSR count). The molecule has 0 atom stereocenters. The van der Waals surface area contributed by atoms with Gasteiger partial charge in [0, 0.05) is 21.3 Å². The number of benzene rings is 3. The monoisotopic (exact) mass is 498 g/mol. The second kappa shape index (κ2) is 13.8. The van der Waals surface area contributed by atoms with Crippen molar-refractivity contribution in [3.63, 3.8) is 0 Å². The highest BCUT2D eigenvalue weighted by molar-refractivity contribution is 6.96. The highest BCUT2D eigenvalue weighted by Gasteiger charge is 2.32. The lowest BCUT2D eigenvalue weighted by atomic mass is 10.4. The van der Waals surface area contributed by atoms with Crippen LogP contribution in [0.4, 0.5) is 0 Å². The van der Waals surface area contributed by atoms with Crippen molar-refractivity contribution in [3.05, 3.63) is 91.0 Å². The highest BCUT2D eigenvalue weighted by atomic mass is 28.4. The Kier molecular flexibility index (Phi) is 12.2. The van der Waals surface area contributed by atoms with Crippen LogP contribution < -0.4 is 15.6 Å². The zero-order valence-electron chi connectivity index (χ0n) is 21.9. The minimum absolute atomic E-state index is 1.13. The van der Waals surface area contributed by atoms with Gasteiger partial charge in [0.1, 0.15) is 0 Å². The fraction of sp³-hybridized carbons (Fsp3) is 0.333. The summed E-state index contributed by atoms with van der Waals surface area (Å²) >= 11 is 0. The molecule has 0 radical (unpaired) electrons. The van der Waals surface area contributed by atoms with Crippen molar-refractivity contribution in [2.45, 2.75) is 39.3 Å². The van der Waals surface area contributed by atoms with E-state index in [1.165, 1.54) is 15.6 Å². The van der Waals surface area contributed by atoms with E-state index in [1.54, 1.807) is 14.2 Å². The normalized spacial score (nSPS) is 11.5. The Morgan fingerprint density at radius 2 is 0.727 bits per heavy atom. The van der Waals surface area contributed by atoms with Gasteiger partial charge in [-0.3, -0.25) is 0 Å². The third kappa shape index (κ3) is 9.92. The maximum Gasteiger partial charge on any atom is 0.252 e.